The van der Waals surface area contributed by atoms with Crippen LogP contribution < -0.4 is 16.2 Å². The zero-order valence-corrected chi connectivity index (χ0v) is 10.7. The molecule has 0 aliphatic rings. The normalized spacial score (nSPS) is 11.4. The molecule has 0 fully saturated rings. The number of nitrogen functional groups attached to an aromatic ring is 1. The number of nitrogens with one attached hydrogen (secondary N) is 1. The van der Waals surface area contributed by atoms with Crippen LogP contribution in [0.15, 0.2) is 23.1 Å². The molecular formula is C10H14FN3O4S. The molecular weight excluding hydrogens is 277 g/mol. The lowest BCUT2D eigenvalue weighted by atomic mass is 10.3. The predicted octanol–water partition coefficient (Wildman–Crippen LogP) is -0.812. The smallest absolute Gasteiger partial charge is 0.243 e. The molecule has 0 aliphatic heterocycles. The maximum atomic E-state index is 13.0. The first kappa shape index (κ1) is 15.3. The molecule has 5 N–H and O–H groups in total. The molecule has 0 unspecified atom stereocenters. The van der Waals surface area contributed by atoms with Gasteiger partial charge >= 0.3 is 0 Å². The first-order valence-corrected chi connectivity index (χ1v) is 6.71. The minimum atomic E-state index is -3.87. The molecule has 1 rings (SSSR count). The SMILES string of the molecule is NC(=O)COCCNS(=O)(=O)c1cc(N)cc(F)c1. The van der Waals surface area contributed by atoms with Crippen LogP contribution in [0.4, 0.5) is 10.1 Å². The van der Waals surface area contributed by atoms with Crippen LogP contribution in [0, 0.1) is 5.82 Å². The summed E-state index contributed by atoms with van der Waals surface area (Å²) in [5.74, 6) is -1.40. The van der Waals surface area contributed by atoms with Crippen molar-refractivity contribution in [3.63, 3.8) is 0 Å². The Bertz CT molecular complexity index is 542. The number of nitrogens with two attached hydrogens (primary N) is 2. The van der Waals surface area contributed by atoms with Gasteiger partial charge in [-0.05, 0) is 18.2 Å². The lowest BCUT2D eigenvalue weighted by Gasteiger charge is -2.07. The molecule has 0 radical (unpaired) electrons. The monoisotopic (exact) mass is 291 g/mol. The van der Waals surface area contributed by atoms with Crippen molar-refractivity contribution in [2.24, 2.45) is 5.73 Å². The van der Waals surface area contributed by atoms with Gasteiger partial charge in [0, 0.05) is 12.2 Å². The zero-order chi connectivity index (χ0) is 14.5. The van der Waals surface area contributed by atoms with Crippen LogP contribution >= 0.6 is 0 Å². The molecule has 1 aromatic rings. The van der Waals surface area contributed by atoms with Crippen LogP contribution in [0.5, 0.6) is 0 Å². The Morgan fingerprint density at radius 2 is 2.05 bits per heavy atom. The number of carbonyl (C=O) groups is 1. The molecule has 19 heavy (non-hydrogen) atoms. The summed E-state index contributed by atoms with van der Waals surface area (Å²) in [5, 5.41) is 0. The number of anilines is 1. The van der Waals surface area contributed by atoms with E-state index in [9.17, 15) is 17.6 Å². The Kier molecular flexibility index (Phi) is 5.21. The van der Waals surface area contributed by atoms with Gasteiger partial charge in [0.1, 0.15) is 12.4 Å². The summed E-state index contributed by atoms with van der Waals surface area (Å²) < 4.78 is 43.5. The number of hydrogen-bond acceptors (Lipinski definition) is 5. The van der Waals surface area contributed by atoms with Crippen LogP contribution in [-0.2, 0) is 19.6 Å². The van der Waals surface area contributed by atoms with E-state index in [2.05, 4.69) is 4.72 Å². The van der Waals surface area contributed by atoms with Crippen molar-refractivity contribution in [1.82, 2.24) is 4.72 Å². The number of benzene rings is 1. The van der Waals surface area contributed by atoms with E-state index in [0.717, 1.165) is 18.2 Å². The van der Waals surface area contributed by atoms with E-state index in [4.69, 9.17) is 16.2 Å². The predicted molar refractivity (Wildman–Crippen MR) is 66.0 cm³/mol. The van der Waals surface area contributed by atoms with E-state index in [1.807, 2.05) is 0 Å². The Morgan fingerprint density at radius 1 is 1.37 bits per heavy atom. The third-order valence-corrected chi connectivity index (χ3v) is 3.43. The molecule has 9 heteroatoms. The van der Waals surface area contributed by atoms with Crippen molar-refractivity contribution < 1.29 is 22.3 Å². The van der Waals surface area contributed by atoms with Crippen molar-refractivity contribution in [1.29, 1.82) is 0 Å². The summed E-state index contributed by atoms with van der Waals surface area (Å²) >= 11 is 0. The highest BCUT2D eigenvalue weighted by atomic mass is 32.2. The summed E-state index contributed by atoms with van der Waals surface area (Å²) in [5.41, 5.74) is 10.2. The van der Waals surface area contributed by atoms with Gasteiger partial charge in [-0.15, -0.1) is 0 Å². The Balaban J connectivity index is 2.58. The van der Waals surface area contributed by atoms with Gasteiger partial charge in [-0.1, -0.05) is 0 Å². The van der Waals surface area contributed by atoms with E-state index >= 15 is 0 Å². The van der Waals surface area contributed by atoms with Crippen molar-refractivity contribution >= 4 is 21.6 Å². The summed E-state index contributed by atoms with van der Waals surface area (Å²) in [7, 11) is -3.87. The van der Waals surface area contributed by atoms with Crippen LogP contribution in [0.3, 0.4) is 0 Å². The number of halogens is 1. The van der Waals surface area contributed by atoms with Gasteiger partial charge in [0.15, 0.2) is 0 Å². The number of hydrogen-bond donors (Lipinski definition) is 3. The summed E-state index contributed by atoms with van der Waals surface area (Å²) in [4.78, 5) is 10.1. The molecule has 0 spiro atoms. The van der Waals surface area contributed by atoms with Crippen LogP contribution in [-0.4, -0.2) is 34.1 Å². The summed E-state index contributed by atoms with van der Waals surface area (Å²) in [6.45, 7) is -0.409. The van der Waals surface area contributed by atoms with E-state index in [0.29, 0.717) is 0 Å². The van der Waals surface area contributed by atoms with E-state index in [-0.39, 0.29) is 30.3 Å². The summed E-state index contributed by atoms with van der Waals surface area (Å²) in [6, 6.07) is 2.99. The van der Waals surface area contributed by atoms with E-state index in [1.54, 1.807) is 0 Å². The lowest BCUT2D eigenvalue weighted by Crippen LogP contribution is -2.29. The Hall–Kier alpha value is -1.71. The second kappa shape index (κ2) is 6.45. The molecule has 0 saturated carbocycles. The molecule has 0 heterocycles. The standard InChI is InChI=1S/C10H14FN3O4S/c11-7-3-8(12)5-9(4-7)19(16,17)14-1-2-18-6-10(13)15/h3-5,14H,1-2,6,12H2,(H2,13,15). The van der Waals surface area contributed by atoms with Gasteiger partial charge in [0.05, 0.1) is 11.5 Å². The van der Waals surface area contributed by atoms with Crippen molar-refractivity contribution in [3.05, 3.63) is 24.0 Å². The topological polar surface area (TPSA) is 125 Å². The first-order chi connectivity index (χ1) is 8.81. The average Bonchev–Trinajstić information content (AvgIpc) is 2.26. The second-order valence-electron chi connectivity index (χ2n) is 3.64. The van der Waals surface area contributed by atoms with Gasteiger partial charge in [-0.2, -0.15) is 0 Å². The second-order valence-corrected chi connectivity index (χ2v) is 5.40. The fourth-order valence-electron chi connectivity index (χ4n) is 1.24. The number of rotatable bonds is 7. The first-order valence-electron chi connectivity index (χ1n) is 5.23. The maximum absolute atomic E-state index is 13.0. The Morgan fingerprint density at radius 3 is 2.63 bits per heavy atom. The number of amides is 1. The minimum Gasteiger partial charge on any atom is -0.399 e. The summed E-state index contributed by atoms with van der Waals surface area (Å²) in [6.07, 6.45) is 0. The zero-order valence-electron chi connectivity index (χ0n) is 9.93. The molecule has 0 saturated heterocycles. The molecule has 0 bridgehead atoms. The number of ether oxygens (including phenoxy) is 1. The fourth-order valence-corrected chi connectivity index (χ4v) is 2.32. The van der Waals surface area contributed by atoms with Crippen molar-refractivity contribution in [3.8, 4) is 0 Å². The highest BCUT2D eigenvalue weighted by Gasteiger charge is 2.15. The molecule has 0 aromatic heterocycles. The number of sulfonamides is 1. The fraction of sp³-hybridized carbons (Fsp3) is 0.300. The van der Waals surface area contributed by atoms with Gasteiger partial charge < -0.3 is 16.2 Å². The molecule has 1 amide bonds. The minimum absolute atomic E-state index is 0.00496. The highest BCUT2D eigenvalue weighted by Crippen LogP contribution is 2.15. The third kappa shape index (κ3) is 5.20. The van der Waals surface area contributed by atoms with Gasteiger partial charge in [0.2, 0.25) is 15.9 Å². The quantitative estimate of drug-likeness (QED) is 0.447. The number of carbonyl (C=O) groups excluding carboxylic acids is 1. The largest absolute Gasteiger partial charge is 0.399 e. The third-order valence-electron chi connectivity index (χ3n) is 1.99. The van der Waals surface area contributed by atoms with Gasteiger partial charge in [0.25, 0.3) is 0 Å². The van der Waals surface area contributed by atoms with Gasteiger partial charge in [-0.3, -0.25) is 4.79 Å². The highest BCUT2D eigenvalue weighted by molar-refractivity contribution is 7.89. The van der Waals surface area contributed by atoms with Crippen LogP contribution in [0.2, 0.25) is 0 Å². The lowest BCUT2D eigenvalue weighted by molar-refractivity contribution is -0.122. The van der Waals surface area contributed by atoms with Crippen LogP contribution in [0.25, 0.3) is 0 Å². The van der Waals surface area contributed by atoms with Crippen molar-refractivity contribution in [2.45, 2.75) is 4.90 Å². The van der Waals surface area contributed by atoms with E-state index in [1.165, 1.54) is 0 Å². The molecule has 0 aliphatic carbocycles. The Labute approximate surface area is 109 Å². The molecule has 1 aromatic carbocycles. The van der Waals surface area contributed by atoms with Crippen LogP contribution in [0.1, 0.15) is 0 Å². The molecule has 7 nitrogen and oxygen atoms in total. The molecule has 0 atom stereocenters. The van der Waals surface area contributed by atoms with Crippen molar-refractivity contribution in [2.75, 3.05) is 25.5 Å². The molecule has 106 valence electrons. The van der Waals surface area contributed by atoms with E-state index < -0.39 is 21.7 Å². The average molecular weight is 291 g/mol. The maximum Gasteiger partial charge on any atom is 0.243 e. The van der Waals surface area contributed by atoms with Gasteiger partial charge in [-0.25, -0.2) is 17.5 Å². The number of primary amides is 1.